The lowest BCUT2D eigenvalue weighted by Gasteiger charge is -2.33. The van der Waals surface area contributed by atoms with Crippen molar-refractivity contribution in [2.75, 3.05) is 7.11 Å². The minimum Gasteiger partial charge on any atom is -0.497 e. The van der Waals surface area contributed by atoms with Crippen molar-refractivity contribution in [1.29, 1.82) is 0 Å². The molecule has 2 aromatic rings. The molecule has 4 nitrogen and oxygen atoms in total. The Labute approximate surface area is 148 Å². The van der Waals surface area contributed by atoms with Crippen LogP contribution in [0, 0.1) is 5.41 Å². The summed E-state index contributed by atoms with van der Waals surface area (Å²) in [6.45, 7) is 4.30. The van der Waals surface area contributed by atoms with Gasteiger partial charge in [-0.1, -0.05) is 44.2 Å². The van der Waals surface area contributed by atoms with E-state index in [-0.39, 0.29) is 11.5 Å². The number of carbonyl (C=O) groups is 1. The van der Waals surface area contributed by atoms with Crippen molar-refractivity contribution in [3.8, 4) is 16.9 Å². The molecule has 0 radical (unpaired) electrons. The van der Waals surface area contributed by atoms with E-state index in [0.717, 1.165) is 41.7 Å². The molecule has 0 saturated heterocycles. The third kappa shape index (κ3) is 3.09. The van der Waals surface area contributed by atoms with Crippen molar-refractivity contribution < 1.29 is 14.6 Å². The van der Waals surface area contributed by atoms with Crippen molar-refractivity contribution in [3.05, 3.63) is 53.6 Å². The lowest BCUT2D eigenvalue weighted by Crippen LogP contribution is -2.37. The van der Waals surface area contributed by atoms with Gasteiger partial charge in [-0.3, -0.25) is 0 Å². The number of ether oxygens (including phenoxy) is 1. The number of hydrogen-bond donors (Lipinski definition) is 2. The summed E-state index contributed by atoms with van der Waals surface area (Å²) in [6.07, 6.45) is 1.83. The van der Waals surface area contributed by atoms with Crippen molar-refractivity contribution >= 4 is 6.09 Å². The van der Waals surface area contributed by atoms with Crippen LogP contribution in [-0.2, 0) is 6.42 Å². The van der Waals surface area contributed by atoms with Crippen molar-refractivity contribution in [2.45, 2.75) is 39.2 Å². The van der Waals surface area contributed by atoms with E-state index in [9.17, 15) is 9.90 Å². The summed E-state index contributed by atoms with van der Waals surface area (Å²) in [5.74, 6) is 0.833. The summed E-state index contributed by atoms with van der Waals surface area (Å²) in [5.41, 5.74) is 4.54. The van der Waals surface area contributed by atoms with Gasteiger partial charge in [0, 0.05) is 0 Å². The van der Waals surface area contributed by atoms with Crippen LogP contribution in [0.1, 0.15) is 43.9 Å². The topological polar surface area (TPSA) is 58.6 Å². The fourth-order valence-electron chi connectivity index (χ4n) is 4.10. The highest BCUT2D eigenvalue weighted by molar-refractivity contribution is 5.69. The minimum atomic E-state index is -0.957. The lowest BCUT2D eigenvalue weighted by atomic mass is 9.76. The lowest BCUT2D eigenvalue weighted by molar-refractivity contribution is 0.157. The smallest absolute Gasteiger partial charge is 0.405 e. The molecule has 1 atom stereocenters. The van der Waals surface area contributed by atoms with Gasteiger partial charge in [0.1, 0.15) is 5.75 Å². The summed E-state index contributed by atoms with van der Waals surface area (Å²) in [5, 5.41) is 12.1. The first-order valence-electron chi connectivity index (χ1n) is 8.79. The average Bonchev–Trinajstić information content (AvgIpc) is 2.94. The summed E-state index contributed by atoms with van der Waals surface area (Å²) < 4.78 is 5.32. The second-order valence-corrected chi connectivity index (χ2v) is 6.77. The maximum Gasteiger partial charge on any atom is 0.405 e. The van der Waals surface area contributed by atoms with E-state index in [1.54, 1.807) is 7.11 Å². The van der Waals surface area contributed by atoms with Gasteiger partial charge in [0.2, 0.25) is 0 Å². The molecule has 0 bridgehead atoms. The number of rotatable bonds is 5. The molecule has 1 aliphatic carbocycles. The SMILES string of the molecule is CCC1(CC)Cc2cc(-c3cccc(OC)c3)ccc2C1NC(=O)O. The number of benzene rings is 2. The summed E-state index contributed by atoms with van der Waals surface area (Å²) >= 11 is 0. The summed E-state index contributed by atoms with van der Waals surface area (Å²) in [4.78, 5) is 11.3. The summed E-state index contributed by atoms with van der Waals surface area (Å²) in [7, 11) is 1.67. The van der Waals surface area contributed by atoms with Crippen LogP contribution in [-0.4, -0.2) is 18.3 Å². The Morgan fingerprint density at radius 2 is 1.92 bits per heavy atom. The molecule has 3 rings (SSSR count). The standard InChI is InChI=1S/C21H25NO3/c1-4-21(5-2)13-16-11-15(14-7-6-8-17(12-14)25-3)9-10-18(16)19(21)22-20(23)24/h6-12,19,22H,4-5,13H2,1-3H3,(H,23,24). The Morgan fingerprint density at radius 3 is 2.56 bits per heavy atom. The largest absolute Gasteiger partial charge is 0.497 e. The van der Waals surface area contributed by atoms with Gasteiger partial charge in [-0.15, -0.1) is 0 Å². The zero-order valence-corrected chi connectivity index (χ0v) is 15.0. The van der Waals surface area contributed by atoms with Crippen LogP contribution < -0.4 is 10.1 Å². The minimum absolute atomic E-state index is 0.0479. The number of carboxylic acid groups (broad SMARTS) is 1. The molecule has 0 heterocycles. The van der Waals surface area contributed by atoms with Crippen LogP contribution in [0.25, 0.3) is 11.1 Å². The number of nitrogens with one attached hydrogen (secondary N) is 1. The first kappa shape index (κ1) is 17.3. The maximum absolute atomic E-state index is 11.3. The van der Waals surface area contributed by atoms with Crippen LogP contribution in [0.3, 0.4) is 0 Å². The molecule has 2 aromatic carbocycles. The van der Waals surface area contributed by atoms with Gasteiger partial charge < -0.3 is 15.2 Å². The van der Waals surface area contributed by atoms with Crippen LogP contribution in [0.2, 0.25) is 0 Å². The first-order chi connectivity index (χ1) is 12.0. The number of hydrogen-bond acceptors (Lipinski definition) is 2. The van der Waals surface area contributed by atoms with Gasteiger partial charge in [0.25, 0.3) is 0 Å². The zero-order valence-electron chi connectivity index (χ0n) is 15.0. The number of methoxy groups -OCH3 is 1. The molecule has 1 aliphatic rings. The normalized spacial score (nSPS) is 17.8. The molecule has 2 N–H and O–H groups in total. The quantitative estimate of drug-likeness (QED) is 0.803. The molecule has 25 heavy (non-hydrogen) atoms. The highest BCUT2D eigenvalue weighted by atomic mass is 16.5. The van der Waals surface area contributed by atoms with E-state index in [4.69, 9.17) is 4.74 Å². The third-order valence-corrected chi connectivity index (χ3v) is 5.69. The molecule has 0 saturated carbocycles. The Morgan fingerprint density at radius 1 is 1.20 bits per heavy atom. The van der Waals surface area contributed by atoms with E-state index in [1.807, 2.05) is 18.2 Å². The predicted octanol–water partition coefficient (Wildman–Crippen LogP) is 5.03. The first-order valence-corrected chi connectivity index (χ1v) is 8.79. The molecule has 0 fully saturated rings. The number of fused-ring (bicyclic) bond motifs is 1. The monoisotopic (exact) mass is 339 g/mol. The molecule has 0 aromatic heterocycles. The second-order valence-electron chi connectivity index (χ2n) is 6.77. The predicted molar refractivity (Wildman–Crippen MR) is 99.1 cm³/mol. The van der Waals surface area contributed by atoms with Gasteiger partial charge in [-0.2, -0.15) is 0 Å². The molecule has 132 valence electrons. The zero-order chi connectivity index (χ0) is 18.0. The van der Waals surface area contributed by atoms with Crippen molar-refractivity contribution in [3.63, 3.8) is 0 Å². The van der Waals surface area contributed by atoms with Crippen molar-refractivity contribution in [2.24, 2.45) is 5.41 Å². The van der Waals surface area contributed by atoms with Crippen LogP contribution in [0.4, 0.5) is 4.79 Å². The average molecular weight is 339 g/mol. The molecule has 1 unspecified atom stereocenters. The Balaban J connectivity index is 2.02. The van der Waals surface area contributed by atoms with E-state index in [0.29, 0.717) is 0 Å². The second kappa shape index (κ2) is 6.79. The van der Waals surface area contributed by atoms with Gasteiger partial charge in [-0.05, 0) is 59.1 Å². The molecule has 1 amide bonds. The van der Waals surface area contributed by atoms with Gasteiger partial charge in [0.15, 0.2) is 0 Å². The van der Waals surface area contributed by atoms with E-state index in [1.165, 1.54) is 5.56 Å². The molecule has 0 spiro atoms. The fraction of sp³-hybridized carbons (Fsp3) is 0.381. The Kier molecular flexibility index (Phi) is 4.71. The summed E-state index contributed by atoms with van der Waals surface area (Å²) in [6, 6.07) is 14.2. The molecular formula is C21H25NO3. The number of amides is 1. The third-order valence-electron chi connectivity index (χ3n) is 5.69. The fourth-order valence-corrected chi connectivity index (χ4v) is 4.10. The van der Waals surface area contributed by atoms with Crippen molar-refractivity contribution in [1.82, 2.24) is 5.32 Å². The Hall–Kier alpha value is -2.49. The van der Waals surface area contributed by atoms with Gasteiger partial charge in [-0.25, -0.2) is 4.79 Å². The van der Waals surface area contributed by atoms with Gasteiger partial charge in [0.05, 0.1) is 13.2 Å². The van der Waals surface area contributed by atoms with E-state index < -0.39 is 6.09 Å². The Bertz CT molecular complexity index is 780. The molecule has 4 heteroatoms. The van der Waals surface area contributed by atoms with E-state index in [2.05, 4.69) is 43.4 Å². The van der Waals surface area contributed by atoms with E-state index >= 15 is 0 Å². The van der Waals surface area contributed by atoms with Crippen LogP contribution in [0.15, 0.2) is 42.5 Å². The molecule has 0 aliphatic heterocycles. The highest BCUT2D eigenvalue weighted by Gasteiger charge is 2.44. The van der Waals surface area contributed by atoms with Gasteiger partial charge >= 0.3 is 6.09 Å². The highest BCUT2D eigenvalue weighted by Crippen LogP contribution is 2.50. The van der Waals surface area contributed by atoms with Crippen LogP contribution >= 0.6 is 0 Å². The molecular weight excluding hydrogens is 314 g/mol. The van der Waals surface area contributed by atoms with Crippen LogP contribution in [0.5, 0.6) is 5.75 Å². The maximum atomic E-state index is 11.3.